The summed E-state index contributed by atoms with van der Waals surface area (Å²) in [6.45, 7) is 1.07. The van der Waals surface area contributed by atoms with Gasteiger partial charge in [-0.15, -0.1) is 0 Å². The molecule has 2 aromatic rings. The molecule has 0 aliphatic carbocycles. The Kier molecular flexibility index (Phi) is 6.38. The fourth-order valence-corrected chi connectivity index (χ4v) is 5.73. The number of hydrogen-bond donors (Lipinski definition) is 2. The van der Waals surface area contributed by atoms with Crippen LogP contribution in [0.4, 0.5) is 11.4 Å². The highest BCUT2D eigenvalue weighted by atomic mass is 32.2. The Labute approximate surface area is 182 Å². The highest BCUT2D eigenvalue weighted by molar-refractivity contribution is 7.89. The number of anilines is 2. The van der Waals surface area contributed by atoms with Crippen molar-refractivity contribution in [2.24, 2.45) is 5.92 Å². The lowest BCUT2D eigenvalue weighted by atomic mass is 9.89. The molecule has 2 aromatic carbocycles. The minimum atomic E-state index is -3.56. The molecule has 1 unspecified atom stereocenters. The highest BCUT2D eigenvalue weighted by Crippen LogP contribution is 2.28. The van der Waals surface area contributed by atoms with E-state index in [2.05, 4.69) is 10.6 Å². The quantitative estimate of drug-likeness (QED) is 0.718. The fraction of sp³-hybridized carbons (Fsp3) is 0.391. The van der Waals surface area contributed by atoms with Crippen molar-refractivity contribution in [3.8, 4) is 0 Å². The lowest BCUT2D eigenvalue weighted by Gasteiger charge is -2.26. The van der Waals surface area contributed by atoms with Crippen LogP contribution in [0.1, 0.15) is 37.7 Å². The second-order valence-corrected chi connectivity index (χ2v) is 10.1. The van der Waals surface area contributed by atoms with Crippen LogP contribution in [-0.4, -0.2) is 37.6 Å². The molecule has 1 saturated heterocycles. The normalized spacial score (nSPS) is 19.4. The van der Waals surface area contributed by atoms with Crippen molar-refractivity contribution in [1.29, 1.82) is 0 Å². The summed E-state index contributed by atoms with van der Waals surface area (Å²) in [5.74, 6) is -0.563. The van der Waals surface area contributed by atoms with Crippen molar-refractivity contribution in [2.75, 3.05) is 23.7 Å². The van der Waals surface area contributed by atoms with Crippen molar-refractivity contribution in [3.63, 3.8) is 0 Å². The number of carbonyl (C=O) groups excluding carboxylic acids is 2. The maximum absolute atomic E-state index is 12.9. The molecule has 2 aliphatic rings. The minimum Gasteiger partial charge on any atom is -0.326 e. The monoisotopic (exact) mass is 441 g/mol. The number of sulfonamides is 1. The zero-order valence-corrected chi connectivity index (χ0v) is 18.2. The molecule has 2 aliphatic heterocycles. The van der Waals surface area contributed by atoms with Gasteiger partial charge in [0.15, 0.2) is 0 Å². The van der Waals surface area contributed by atoms with Gasteiger partial charge in [-0.2, -0.15) is 4.31 Å². The van der Waals surface area contributed by atoms with Crippen molar-refractivity contribution < 1.29 is 18.0 Å². The number of nitrogens with zero attached hydrogens (tertiary/aromatic N) is 1. The lowest BCUT2D eigenvalue weighted by Crippen LogP contribution is -2.35. The molecule has 0 bridgehead atoms. The number of fused-ring (bicyclic) bond motifs is 1. The van der Waals surface area contributed by atoms with Crippen molar-refractivity contribution in [1.82, 2.24) is 4.31 Å². The molecule has 1 atom stereocenters. The zero-order chi connectivity index (χ0) is 21.8. The number of rotatable bonds is 6. The summed E-state index contributed by atoms with van der Waals surface area (Å²) in [5.41, 5.74) is 2.35. The number of benzene rings is 2. The SMILES string of the molecule is O=C(CCC1Cc2ccccc2NC1=O)Nc1cccc(S(=O)(=O)N2CCCCC2)c1. The van der Waals surface area contributed by atoms with E-state index in [1.165, 1.54) is 10.4 Å². The second kappa shape index (κ2) is 9.20. The summed E-state index contributed by atoms with van der Waals surface area (Å²) < 4.78 is 27.2. The summed E-state index contributed by atoms with van der Waals surface area (Å²) in [6.07, 6.45) is 4.01. The van der Waals surface area contributed by atoms with Crippen molar-refractivity contribution >= 4 is 33.2 Å². The Morgan fingerprint density at radius 3 is 2.65 bits per heavy atom. The van der Waals surface area contributed by atoms with E-state index >= 15 is 0 Å². The van der Waals surface area contributed by atoms with Crippen LogP contribution >= 0.6 is 0 Å². The van der Waals surface area contributed by atoms with Crippen molar-refractivity contribution in [3.05, 3.63) is 54.1 Å². The summed E-state index contributed by atoms with van der Waals surface area (Å²) in [4.78, 5) is 25.0. The molecule has 4 rings (SSSR count). The Bertz CT molecular complexity index is 1080. The highest BCUT2D eigenvalue weighted by Gasteiger charge is 2.27. The number of piperidine rings is 1. The predicted octanol–water partition coefficient (Wildman–Crippen LogP) is 3.39. The summed E-state index contributed by atoms with van der Waals surface area (Å²) in [5, 5.41) is 5.67. The standard InChI is InChI=1S/C23H27N3O4S/c27-22(12-11-18-15-17-7-2-3-10-21(17)25-23(18)28)24-19-8-6-9-20(16-19)31(29,30)26-13-4-1-5-14-26/h2-3,6-10,16,18H,1,4-5,11-15H2,(H,24,27)(H,25,28). The molecule has 164 valence electrons. The molecule has 0 radical (unpaired) electrons. The largest absolute Gasteiger partial charge is 0.326 e. The van der Waals surface area contributed by atoms with Crippen LogP contribution in [0.5, 0.6) is 0 Å². The molecule has 2 amide bonds. The van der Waals surface area contributed by atoms with E-state index in [-0.39, 0.29) is 29.0 Å². The van der Waals surface area contributed by atoms with Gasteiger partial charge in [-0.3, -0.25) is 9.59 Å². The van der Waals surface area contributed by atoms with Gasteiger partial charge in [-0.25, -0.2) is 8.42 Å². The van der Waals surface area contributed by atoms with E-state index in [4.69, 9.17) is 0 Å². The van der Waals surface area contributed by atoms with Gasteiger partial charge >= 0.3 is 0 Å². The first-order valence-electron chi connectivity index (χ1n) is 10.7. The Balaban J connectivity index is 1.36. The summed E-state index contributed by atoms with van der Waals surface area (Å²) in [6, 6.07) is 14.1. The van der Waals surface area contributed by atoms with Crippen LogP contribution in [0, 0.1) is 5.92 Å². The molecular formula is C23H27N3O4S. The Morgan fingerprint density at radius 1 is 1.06 bits per heavy atom. The van der Waals surface area contributed by atoms with Gasteiger partial charge < -0.3 is 10.6 Å². The number of para-hydroxylation sites is 1. The minimum absolute atomic E-state index is 0.0684. The van der Waals surface area contributed by atoms with E-state index in [0.717, 1.165) is 30.5 Å². The van der Waals surface area contributed by atoms with Gasteiger partial charge in [-0.1, -0.05) is 30.7 Å². The molecule has 2 N–H and O–H groups in total. The van der Waals surface area contributed by atoms with Gasteiger partial charge in [0.05, 0.1) is 4.90 Å². The summed E-state index contributed by atoms with van der Waals surface area (Å²) >= 11 is 0. The third-order valence-electron chi connectivity index (χ3n) is 5.90. The topological polar surface area (TPSA) is 95.6 Å². The van der Waals surface area contributed by atoms with Crippen LogP contribution in [0.3, 0.4) is 0 Å². The molecule has 7 nitrogen and oxygen atoms in total. The van der Waals surface area contributed by atoms with Crippen LogP contribution < -0.4 is 10.6 Å². The molecule has 2 heterocycles. The van der Waals surface area contributed by atoms with Gasteiger partial charge in [0.2, 0.25) is 21.8 Å². The lowest BCUT2D eigenvalue weighted by molar-refractivity contribution is -0.121. The van der Waals surface area contributed by atoms with Gasteiger partial charge in [0, 0.05) is 36.8 Å². The van der Waals surface area contributed by atoms with E-state index in [1.54, 1.807) is 18.2 Å². The predicted molar refractivity (Wildman–Crippen MR) is 119 cm³/mol. The zero-order valence-electron chi connectivity index (χ0n) is 17.3. The number of hydrogen-bond acceptors (Lipinski definition) is 4. The van der Waals surface area contributed by atoms with Gasteiger partial charge in [-0.05, 0) is 55.5 Å². The molecule has 0 spiro atoms. The first-order valence-corrected chi connectivity index (χ1v) is 12.2. The summed E-state index contributed by atoms with van der Waals surface area (Å²) in [7, 11) is -3.56. The first kappa shape index (κ1) is 21.5. The van der Waals surface area contributed by atoms with Crippen LogP contribution in [0.25, 0.3) is 0 Å². The maximum Gasteiger partial charge on any atom is 0.243 e. The number of nitrogens with one attached hydrogen (secondary N) is 2. The molecule has 0 saturated carbocycles. The van der Waals surface area contributed by atoms with E-state index in [1.807, 2.05) is 24.3 Å². The number of carbonyl (C=O) groups is 2. The van der Waals surface area contributed by atoms with Crippen LogP contribution in [0.2, 0.25) is 0 Å². The third kappa shape index (κ3) is 4.97. The van der Waals surface area contributed by atoms with Gasteiger partial charge in [0.25, 0.3) is 0 Å². The molecule has 1 fully saturated rings. The Hall–Kier alpha value is -2.71. The first-order chi connectivity index (χ1) is 14.9. The van der Waals surface area contributed by atoms with E-state index in [0.29, 0.717) is 31.6 Å². The molecular weight excluding hydrogens is 414 g/mol. The van der Waals surface area contributed by atoms with E-state index < -0.39 is 10.0 Å². The average Bonchev–Trinajstić information content (AvgIpc) is 2.78. The number of amides is 2. The van der Waals surface area contributed by atoms with Crippen LogP contribution in [0.15, 0.2) is 53.4 Å². The maximum atomic E-state index is 12.9. The molecule has 8 heteroatoms. The third-order valence-corrected chi connectivity index (χ3v) is 7.80. The second-order valence-electron chi connectivity index (χ2n) is 8.13. The molecule has 0 aromatic heterocycles. The Morgan fingerprint density at radius 2 is 1.84 bits per heavy atom. The van der Waals surface area contributed by atoms with Gasteiger partial charge in [0.1, 0.15) is 0 Å². The smallest absolute Gasteiger partial charge is 0.243 e. The van der Waals surface area contributed by atoms with E-state index in [9.17, 15) is 18.0 Å². The molecule has 31 heavy (non-hydrogen) atoms. The fourth-order valence-electron chi connectivity index (χ4n) is 4.16. The average molecular weight is 442 g/mol. The van der Waals surface area contributed by atoms with Crippen molar-refractivity contribution in [2.45, 2.75) is 43.4 Å². The van der Waals surface area contributed by atoms with Crippen LogP contribution in [-0.2, 0) is 26.0 Å².